The Bertz CT molecular complexity index is 798. The van der Waals surface area contributed by atoms with Crippen molar-refractivity contribution < 1.29 is 19.2 Å². The Morgan fingerprint density at radius 3 is 2.30 bits per heavy atom. The second-order valence-electron chi connectivity index (χ2n) is 7.03. The van der Waals surface area contributed by atoms with Crippen LogP contribution >= 0.6 is 0 Å². The summed E-state index contributed by atoms with van der Waals surface area (Å²) >= 11 is 0. The minimum Gasteiger partial charge on any atom is -0.497 e. The molecule has 0 spiro atoms. The van der Waals surface area contributed by atoms with Crippen molar-refractivity contribution in [3.8, 4) is 5.75 Å². The largest absolute Gasteiger partial charge is 0.497 e. The number of carbonyl (C=O) groups excluding carboxylic acids is 2. The molecule has 3 rings (SSSR count). The maximum atomic E-state index is 12.8. The number of carbonyl (C=O) groups is 2. The number of anilines is 1. The van der Waals surface area contributed by atoms with Crippen molar-refractivity contribution in [2.24, 2.45) is 5.73 Å². The molecule has 6 nitrogen and oxygen atoms in total. The average Bonchev–Trinajstić information content (AvgIpc) is 3.51. The number of rotatable bonds is 8. The van der Waals surface area contributed by atoms with Gasteiger partial charge < -0.3 is 20.7 Å². The van der Waals surface area contributed by atoms with Gasteiger partial charge in [0.1, 0.15) is 12.3 Å². The molecular formula is C21H26N3O3+. The van der Waals surface area contributed by atoms with Crippen molar-refractivity contribution in [1.29, 1.82) is 0 Å². The zero-order chi connectivity index (χ0) is 19.4. The van der Waals surface area contributed by atoms with Crippen LogP contribution in [-0.2, 0) is 11.3 Å². The molecule has 1 aliphatic rings. The smallest absolute Gasteiger partial charge is 0.282 e. The van der Waals surface area contributed by atoms with Gasteiger partial charge >= 0.3 is 0 Å². The number of amides is 2. The number of quaternary nitrogens is 1. The van der Waals surface area contributed by atoms with Crippen molar-refractivity contribution in [2.45, 2.75) is 38.4 Å². The Hall–Kier alpha value is -2.86. The fraction of sp³-hybridized carbons (Fsp3) is 0.333. The van der Waals surface area contributed by atoms with Crippen molar-refractivity contribution in [3.05, 3.63) is 59.7 Å². The van der Waals surface area contributed by atoms with E-state index in [1.165, 1.54) is 10.5 Å². The number of ether oxygens (including phenoxy) is 1. The predicted octanol–water partition coefficient (Wildman–Crippen LogP) is 1.37. The molecule has 2 aromatic rings. The zero-order valence-electron chi connectivity index (χ0n) is 15.7. The predicted molar refractivity (Wildman–Crippen MR) is 104 cm³/mol. The van der Waals surface area contributed by atoms with Crippen LogP contribution in [0.5, 0.6) is 5.75 Å². The van der Waals surface area contributed by atoms with Gasteiger partial charge in [-0.2, -0.15) is 0 Å². The number of nitrogens with two attached hydrogens (primary N) is 1. The lowest BCUT2D eigenvalue weighted by molar-refractivity contribution is -0.938. The molecule has 1 fully saturated rings. The monoisotopic (exact) mass is 368 g/mol. The highest BCUT2D eigenvalue weighted by Gasteiger charge is 2.39. The molecule has 1 unspecified atom stereocenters. The van der Waals surface area contributed by atoms with Crippen LogP contribution in [-0.4, -0.2) is 31.0 Å². The van der Waals surface area contributed by atoms with E-state index in [2.05, 4.69) is 5.32 Å². The Morgan fingerprint density at radius 1 is 1.15 bits per heavy atom. The van der Waals surface area contributed by atoms with Gasteiger partial charge in [0.2, 0.25) is 5.91 Å². The van der Waals surface area contributed by atoms with E-state index in [0.29, 0.717) is 17.3 Å². The van der Waals surface area contributed by atoms with Crippen LogP contribution < -0.4 is 20.7 Å². The molecule has 27 heavy (non-hydrogen) atoms. The summed E-state index contributed by atoms with van der Waals surface area (Å²) in [5.74, 6) is 0.319. The van der Waals surface area contributed by atoms with Crippen LogP contribution in [0.3, 0.4) is 0 Å². The average molecular weight is 368 g/mol. The van der Waals surface area contributed by atoms with Crippen molar-refractivity contribution >= 4 is 17.5 Å². The van der Waals surface area contributed by atoms with E-state index in [1.807, 2.05) is 31.2 Å². The van der Waals surface area contributed by atoms with Crippen molar-refractivity contribution in [1.82, 2.24) is 0 Å². The molecule has 0 aliphatic heterocycles. The molecule has 0 bridgehead atoms. The van der Waals surface area contributed by atoms with Crippen LogP contribution in [0.1, 0.15) is 35.7 Å². The van der Waals surface area contributed by atoms with E-state index in [4.69, 9.17) is 10.5 Å². The Morgan fingerprint density at radius 2 is 1.78 bits per heavy atom. The highest BCUT2D eigenvalue weighted by atomic mass is 16.5. The van der Waals surface area contributed by atoms with Gasteiger partial charge in [-0.1, -0.05) is 0 Å². The van der Waals surface area contributed by atoms with Gasteiger partial charge in [0, 0.05) is 29.7 Å². The zero-order valence-corrected chi connectivity index (χ0v) is 15.7. The van der Waals surface area contributed by atoms with Gasteiger partial charge in [0.05, 0.1) is 13.2 Å². The van der Waals surface area contributed by atoms with E-state index >= 15 is 0 Å². The third kappa shape index (κ3) is 4.86. The Balaban J connectivity index is 1.65. The fourth-order valence-electron chi connectivity index (χ4n) is 3.22. The van der Waals surface area contributed by atoms with Crippen molar-refractivity contribution in [3.63, 3.8) is 0 Å². The van der Waals surface area contributed by atoms with Crippen LogP contribution in [0.2, 0.25) is 0 Å². The third-order valence-electron chi connectivity index (χ3n) is 5.06. The van der Waals surface area contributed by atoms with Crippen LogP contribution in [0.4, 0.5) is 5.69 Å². The summed E-state index contributed by atoms with van der Waals surface area (Å²) in [5, 5.41) is 2.94. The molecule has 1 aliphatic carbocycles. The maximum absolute atomic E-state index is 12.8. The fourth-order valence-corrected chi connectivity index (χ4v) is 3.22. The van der Waals surface area contributed by atoms with Crippen LogP contribution in [0.25, 0.3) is 0 Å². The third-order valence-corrected chi connectivity index (χ3v) is 5.06. The molecule has 142 valence electrons. The van der Waals surface area contributed by atoms with E-state index in [-0.39, 0.29) is 11.9 Å². The maximum Gasteiger partial charge on any atom is 0.282 e. The second kappa shape index (κ2) is 8.22. The standard InChI is InChI=1S/C21H25N3O3/c1-14(21(26)23-17-7-5-16(6-8-17)20(22)25)24(18-9-10-18)13-15-3-11-19(27-2)12-4-15/h3-8,11-12,14,18H,9-10,13H2,1-2H3,(H2,22,25)(H,23,26)/p+1/t14-/m1/s1. The lowest BCUT2D eigenvalue weighted by Crippen LogP contribution is -3.16. The first kappa shape index (κ1) is 18.9. The number of benzene rings is 2. The summed E-state index contributed by atoms with van der Waals surface area (Å²) in [5.41, 5.74) is 7.52. The van der Waals surface area contributed by atoms with Crippen LogP contribution in [0.15, 0.2) is 48.5 Å². The molecular weight excluding hydrogens is 342 g/mol. The highest BCUT2D eigenvalue weighted by molar-refractivity contribution is 5.95. The first-order valence-electron chi connectivity index (χ1n) is 9.17. The number of primary amides is 1. The normalized spacial score (nSPS) is 15.6. The molecule has 0 heterocycles. The molecule has 2 aromatic carbocycles. The van der Waals surface area contributed by atoms with Gasteiger partial charge in [-0.05, 0) is 55.5 Å². The highest BCUT2D eigenvalue weighted by Crippen LogP contribution is 2.18. The molecule has 2 amide bonds. The summed E-state index contributed by atoms with van der Waals surface area (Å²) < 4.78 is 5.21. The first-order chi connectivity index (χ1) is 13.0. The summed E-state index contributed by atoms with van der Waals surface area (Å²) in [6.45, 7) is 2.76. The van der Waals surface area contributed by atoms with Crippen LogP contribution in [0, 0.1) is 0 Å². The van der Waals surface area contributed by atoms with Gasteiger partial charge in [-0.25, -0.2) is 0 Å². The summed E-state index contributed by atoms with van der Waals surface area (Å²) in [6, 6.07) is 15.0. The molecule has 6 heteroatoms. The quantitative estimate of drug-likeness (QED) is 0.658. The van der Waals surface area contributed by atoms with E-state index in [1.54, 1.807) is 31.4 Å². The number of hydrogen-bond acceptors (Lipinski definition) is 3. The topological polar surface area (TPSA) is 85.9 Å². The van der Waals surface area contributed by atoms with Gasteiger partial charge in [-0.3, -0.25) is 9.59 Å². The lowest BCUT2D eigenvalue weighted by atomic mass is 10.1. The van der Waals surface area contributed by atoms with E-state index in [0.717, 1.165) is 25.1 Å². The van der Waals surface area contributed by atoms with Gasteiger partial charge in [0.15, 0.2) is 6.04 Å². The number of hydrogen-bond donors (Lipinski definition) is 3. The van der Waals surface area contributed by atoms with E-state index in [9.17, 15) is 9.59 Å². The lowest BCUT2D eigenvalue weighted by Gasteiger charge is -2.25. The van der Waals surface area contributed by atoms with E-state index < -0.39 is 5.91 Å². The van der Waals surface area contributed by atoms with Gasteiger partial charge in [0.25, 0.3) is 5.91 Å². The molecule has 0 aromatic heterocycles. The minimum atomic E-state index is -0.481. The molecule has 2 atom stereocenters. The summed E-state index contributed by atoms with van der Waals surface area (Å²) in [4.78, 5) is 25.2. The molecule has 0 radical (unpaired) electrons. The number of methoxy groups -OCH3 is 1. The van der Waals surface area contributed by atoms with Crippen molar-refractivity contribution in [2.75, 3.05) is 12.4 Å². The molecule has 0 saturated heterocycles. The SMILES string of the molecule is COc1ccc(C[NH+](C2CC2)[C@H](C)C(=O)Nc2ccc(C(N)=O)cc2)cc1. The van der Waals surface area contributed by atoms with Gasteiger partial charge in [-0.15, -0.1) is 0 Å². The molecule has 1 saturated carbocycles. The Kier molecular flexibility index (Phi) is 5.76. The first-order valence-corrected chi connectivity index (χ1v) is 9.17. The number of nitrogens with one attached hydrogen (secondary N) is 2. The summed E-state index contributed by atoms with van der Waals surface area (Å²) in [6.07, 6.45) is 2.30. The minimum absolute atomic E-state index is 0.0303. The molecule has 4 N–H and O–H groups in total. The Labute approximate surface area is 159 Å². The second-order valence-corrected chi connectivity index (χ2v) is 7.03. The summed E-state index contributed by atoms with van der Waals surface area (Å²) in [7, 11) is 1.65.